The maximum absolute atomic E-state index is 9.53. The summed E-state index contributed by atoms with van der Waals surface area (Å²) >= 11 is 0. The molecule has 1 aromatic carbocycles. The minimum absolute atomic E-state index is 0.138. The monoisotopic (exact) mass is 235 g/mol. The maximum atomic E-state index is 9.53. The Hall–Kier alpha value is -1.22. The Morgan fingerprint density at radius 1 is 1.29 bits per heavy atom. The molecule has 0 amide bonds. The van der Waals surface area contributed by atoms with Crippen LogP contribution in [-0.2, 0) is 0 Å². The van der Waals surface area contributed by atoms with E-state index in [1.807, 2.05) is 0 Å². The molecule has 2 atom stereocenters. The van der Waals surface area contributed by atoms with Gasteiger partial charge in [0.2, 0.25) is 0 Å². The van der Waals surface area contributed by atoms with Gasteiger partial charge in [-0.25, -0.2) is 0 Å². The van der Waals surface area contributed by atoms with E-state index in [1.54, 1.807) is 12.1 Å². The van der Waals surface area contributed by atoms with E-state index in [4.69, 9.17) is 0 Å². The van der Waals surface area contributed by atoms with Crippen LogP contribution in [0.5, 0.6) is 11.5 Å². The van der Waals surface area contributed by atoms with Crippen molar-refractivity contribution in [3.63, 3.8) is 0 Å². The molecule has 0 saturated carbocycles. The molecular weight excluding hydrogens is 214 g/mol. The highest BCUT2D eigenvalue weighted by atomic mass is 16.3. The van der Waals surface area contributed by atoms with Gasteiger partial charge in [-0.3, -0.25) is 4.90 Å². The largest absolute Gasteiger partial charge is 0.508 e. The molecule has 0 bridgehead atoms. The van der Waals surface area contributed by atoms with Gasteiger partial charge in [-0.1, -0.05) is 6.92 Å². The fraction of sp³-hybridized carbons (Fsp3) is 0.571. The van der Waals surface area contributed by atoms with Gasteiger partial charge in [0.1, 0.15) is 11.5 Å². The molecule has 3 heteroatoms. The topological polar surface area (TPSA) is 43.7 Å². The highest BCUT2D eigenvalue weighted by Crippen LogP contribution is 2.33. The molecule has 94 valence electrons. The van der Waals surface area contributed by atoms with E-state index >= 15 is 0 Å². The average molecular weight is 235 g/mol. The zero-order chi connectivity index (χ0) is 12.4. The predicted molar refractivity (Wildman–Crippen MR) is 68.2 cm³/mol. The molecule has 1 aromatic rings. The second kappa shape index (κ2) is 4.96. The molecular formula is C14H21NO2. The van der Waals surface area contributed by atoms with Gasteiger partial charge in [0.25, 0.3) is 0 Å². The number of rotatable bonds is 3. The molecule has 17 heavy (non-hydrogen) atoms. The number of phenols is 2. The second-order valence-corrected chi connectivity index (χ2v) is 4.90. The minimum atomic E-state index is 0.138. The van der Waals surface area contributed by atoms with Gasteiger partial charge in [-0.2, -0.15) is 0 Å². The van der Waals surface area contributed by atoms with E-state index in [-0.39, 0.29) is 17.5 Å². The smallest absolute Gasteiger partial charge is 0.119 e. The third-order valence-corrected chi connectivity index (χ3v) is 3.80. The van der Waals surface area contributed by atoms with Crippen LogP contribution in [0.25, 0.3) is 0 Å². The first kappa shape index (κ1) is 12.2. The highest BCUT2D eigenvalue weighted by molar-refractivity contribution is 5.38. The molecule has 1 saturated heterocycles. The van der Waals surface area contributed by atoms with Crippen molar-refractivity contribution in [1.82, 2.24) is 4.90 Å². The van der Waals surface area contributed by atoms with Crippen LogP contribution >= 0.6 is 0 Å². The zero-order valence-corrected chi connectivity index (χ0v) is 10.6. The SMILES string of the molecule is CCC1CCCN1C(C)c1cc(O)cc(O)c1. The Morgan fingerprint density at radius 2 is 1.94 bits per heavy atom. The van der Waals surface area contributed by atoms with Crippen molar-refractivity contribution in [3.8, 4) is 11.5 Å². The first-order valence-electron chi connectivity index (χ1n) is 6.40. The quantitative estimate of drug-likeness (QED) is 0.846. The summed E-state index contributed by atoms with van der Waals surface area (Å²) in [6.07, 6.45) is 3.66. The molecule has 2 N–H and O–H groups in total. The third kappa shape index (κ3) is 2.55. The highest BCUT2D eigenvalue weighted by Gasteiger charge is 2.28. The Morgan fingerprint density at radius 3 is 2.53 bits per heavy atom. The number of nitrogens with zero attached hydrogens (tertiary/aromatic N) is 1. The summed E-state index contributed by atoms with van der Waals surface area (Å²) in [4.78, 5) is 2.47. The summed E-state index contributed by atoms with van der Waals surface area (Å²) < 4.78 is 0. The first-order chi connectivity index (χ1) is 8.11. The van der Waals surface area contributed by atoms with Crippen LogP contribution in [0.4, 0.5) is 0 Å². The van der Waals surface area contributed by atoms with E-state index in [2.05, 4.69) is 18.7 Å². The van der Waals surface area contributed by atoms with Crippen molar-refractivity contribution < 1.29 is 10.2 Å². The van der Waals surface area contributed by atoms with Crippen LogP contribution in [0.15, 0.2) is 18.2 Å². The van der Waals surface area contributed by atoms with Crippen LogP contribution in [-0.4, -0.2) is 27.7 Å². The summed E-state index contributed by atoms with van der Waals surface area (Å²) in [5.74, 6) is 0.276. The Balaban J connectivity index is 2.21. The number of phenolic OH excluding ortho intramolecular Hbond substituents is 2. The molecule has 0 aromatic heterocycles. The summed E-state index contributed by atoms with van der Waals surface area (Å²) in [6.45, 7) is 5.47. The van der Waals surface area contributed by atoms with Crippen LogP contribution in [0, 0.1) is 0 Å². The summed E-state index contributed by atoms with van der Waals surface area (Å²) in [5.41, 5.74) is 0.989. The molecule has 1 fully saturated rings. The number of benzene rings is 1. The summed E-state index contributed by atoms with van der Waals surface area (Å²) in [5, 5.41) is 19.1. The minimum Gasteiger partial charge on any atom is -0.508 e. The van der Waals surface area contributed by atoms with E-state index in [1.165, 1.54) is 18.9 Å². The summed E-state index contributed by atoms with van der Waals surface area (Å²) in [6, 6.07) is 5.75. The molecule has 1 aliphatic heterocycles. The van der Waals surface area contributed by atoms with E-state index < -0.39 is 0 Å². The van der Waals surface area contributed by atoms with Gasteiger partial charge < -0.3 is 10.2 Å². The van der Waals surface area contributed by atoms with Crippen LogP contribution in [0.1, 0.15) is 44.7 Å². The first-order valence-corrected chi connectivity index (χ1v) is 6.40. The van der Waals surface area contributed by atoms with Crippen molar-refractivity contribution >= 4 is 0 Å². The molecule has 3 nitrogen and oxygen atoms in total. The standard InChI is InChI=1S/C14H21NO2/c1-3-12-5-4-6-15(12)10(2)11-7-13(16)9-14(17)8-11/h7-10,12,16-17H,3-6H2,1-2H3. The molecule has 1 aliphatic rings. The van der Waals surface area contributed by atoms with Gasteiger partial charge in [-0.15, -0.1) is 0 Å². The van der Waals surface area contributed by atoms with Gasteiger partial charge in [0.15, 0.2) is 0 Å². The number of hydrogen-bond donors (Lipinski definition) is 2. The van der Waals surface area contributed by atoms with E-state index in [0.717, 1.165) is 18.5 Å². The lowest BCUT2D eigenvalue weighted by molar-refractivity contribution is 0.188. The normalized spacial score (nSPS) is 22.8. The predicted octanol–water partition coefficient (Wildman–Crippen LogP) is 3.03. The third-order valence-electron chi connectivity index (χ3n) is 3.80. The Labute approximate surface area is 103 Å². The fourth-order valence-corrected chi connectivity index (χ4v) is 2.86. The number of likely N-dealkylation sites (tertiary alicyclic amines) is 1. The van der Waals surface area contributed by atoms with Crippen molar-refractivity contribution in [2.45, 2.75) is 45.2 Å². The van der Waals surface area contributed by atoms with Crippen molar-refractivity contribution in [3.05, 3.63) is 23.8 Å². The van der Waals surface area contributed by atoms with Crippen LogP contribution < -0.4 is 0 Å². The Kier molecular flexibility index (Phi) is 3.57. The summed E-state index contributed by atoms with van der Waals surface area (Å²) in [7, 11) is 0. The lowest BCUT2D eigenvalue weighted by Gasteiger charge is -2.30. The van der Waals surface area contributed by atoms with Crippen LogP contribution in [0.3, 0.4) is 0 Å². The van der Waals surface area contributed by atoms with Crippen molar-refractivity contribution in [2.75, 3.05) is 6.54 Å². The second-order valence-electron chi connectivity index (χ2n) is 4.90. The molecule has 2 rings (SSSR count). The van der Waals surface area contributed by atoms with E-state index in [9.17, 15) is 10.2 Å². The van der Waals surface area contributed by atoms with Gasteiger partial charge >= 0.3 is 0 Å². The Bertz CT molecular complexity index is 372. The van der Waals surface area contributed by atoms with Crippen molar-refractivity contribution in [2.24, 2.45) is 0 Å². The van der Waals surface area contributed by atoms with Gasteiger partial charge in [-0.05, 0) is 50.4 Å². The maximum Gasteiger partial charge on any atom is 0.119 e. The fourth-order valence-electron chi connectivity index (χ4n) is 2.86. The number of aromatic hydroxyl groups is 2. The van der Waals surface area contributed by atoms with E-state index in [0.29, 0.717) is 6.04 Å². The zero-order valence-electron chi connectivity index (χ0n) is 10.6. The molecule has 0 radical (unpaired) electrons. The molecule has 2 unspecified atom stereocenters. The lowest BCUT2D eigenvalue weighted by Crippen LogP contribution is -2.31. The molecule has 0 aliphatic carbocycles. The molecule has 1 heterocycles. The van der Waals surface area contributed by atoms with Gasteiger partial charge in [0.05, 0.1) is 0 Å². The van der Waals surface area contributed by atoms with Crippen molar-refractivity contribution in [1.29, 1.82) is 0 Å². The lowest BCUT2D eigenvalue weighted by atomic mass is 10.0. The molecule has 0 spiro atoms. The van der Waals surface area contributed by atoms with Gasteiger partial charge in [0, 0.05) is 18.2 Å². The van der Waals surface area contributed by atoms with Crippen LogP contribution in [0.2, 0.25) is 0 Å². The average Bonchev–Trinajstić information content (AvgIpc) is 2.74. The number of hydrogen-bond acceptors (Lipinski definition) is 3.